The zero-order valence-corrected chi connectivity index (χ0v) is 16.3. The van der Waals surface area contributed by atoms with Gasteiger partial charge >= 0.3 is 0 Å². The van der Waals surface area contributed by atoms with Gasteiger partial charge in [-0.15, -0.1) is 0 Å². The van der Waals surface area contributed by atoms with Crippen LogP contribution in [0.3, 0.4) is 0 Å². The Morgan fingerprint density at radius 1 is 1.07 bits per heavy atom. The molecule has 2 aromatic rings. The molecular weight excluding hydrogens is 354 g/mol. The van der Waals surface area contributed by atoms with E-state index in [-0.39, 0.29) is 11.8 Å². The molecule has 28 heavy (non-hydrogen) atoms. The van der Waals surface area contributed by atoms with Crippen LogP contribution in [0.5, 0.6) is 5.75 Å². The third-order valence-corrected chi connectivity index (χ3v) is 4.97. The van der Waals surface area contributed by atoms with Crippen LogP contribution in [0.2, 0.25) is 0 Å². The number of amides is 2. The number of hydrogen-bond acceptors (Lipinski definition) is 4. The Balaban J connectivity index is 1.57. The molecule has 1 aromatic carbocycles. The number of nitrogens with one attached hydrogen (secondary N) is 1. The Kier molecular flexibility index (Phi) is 7.00. The van der Waals surface area contributed by atoms with Crippen LogP contribution in [-0.4, -0.2) is 48.4 Å². The van der Waals surface area contributed by atoms with Gasteiger partial charge in [-0.1, -0.05) is 25.0 Å². The summed E-state index contributed by atoms with van der Waals surface area (Å²) in [6.45, 7) is 2.04. The lowest BCUT2D eigenvalue weighted by Crippen LogP contribution is -2.32. The first kappa shape index (κ1) is 19.9. The van der Waals surface area contributed by atoms with E-state index in [1.807, 2.05) is 29.2 Å². The molecule has 0 radical (unpaired) electrons. The molecule has 0 unspecified atom stereocenters. The van der Waals surface area contributed by atoms with Crippen LogP contribution >= 0.6 is 0 Å². The fourth-order valence-corrected chi connectivity index (χ4v) is 3.39. The number of benzene rings is 1. The highest BCUT2D eigenvalue weighted by atomic mass is 16.5. The number of carbonyl (C=O) groups is 2. The molecular formula is C22H27N3O3. The van der Waals surface area contributed by atoms with Gasteiger partial charge in [-0.3, -0.25) is 14.6 Å². The number of likely N-dealkylation sites (tertiary alicyclic amines) is 1. The van der Waals surface area contributed by atoms with Gasteiger partial charge in [0.25, 0.3) is 11.8 Å². The summed E-state index contributed by atoms with van der Waals surface area (Å²) in [6.07, 6.45) is 8.13. The maximum absolute atomic E-state index is 12.7. The zero-order chi connectivity index (χ0) is 19.8. The molecule has 0 bridgehead atoms. The Bertz CT molecular complexity index is 814. The molecule has 1 aromatic heterocycles. The zero-order valence-electron chi connectivity index (χ0n) is 16.3. The van der Waals surface area contributed by atoms with E-state index >= 15 is 0 Å². The minimum atomic E-state index is -0.221. The van der Waals surface area contributed by atoms with Crippen molar-refractivity contribution in [1.82, 2.24) is 15.2 Å². The molecule has 2 amide bonds. The predicted molar refractivity (Wildman–Crippen MR) is 108 cm³/mol. The molecule has 6 heteroatoms. The lowest BCUT2D eigenvalue weighted by molar-refractivity contribution is 0.0761. The third kappa shape index (κ3) is 5.31. The number of methoxy groups -OCH3 is 1. The highest BCUT2D eigenvalue weighted by Crippen LogP contribution is 2.14. The monoisotopic (exact) mass is 381 g/mol. The Morgan fingerprint density at radius 2 is 1.82 bits per heavy atom. The summed E-state index contributed by atoms with van der Waals surface area (Å²) in [6, 6.07) is 9.41. The van der Waals surface area contributed by atoms with Gasteiger partial charge in [-0.25, -0.2) is 0 Å². The van der Waals surface area contributed by atoms with Gasteiger partial charge in [0.2, 0.25) is 0 Å². The van der Waals surface area contributed by atoms with Crippen LogP contribution < -0.4 is 10.1 Å². The van der Waals surface area contributed by atoms with Crippen molar-refractivity contribution in [3.05, 3.63) is 59.4 Å². The van der Waals surface area contributed by atoms with Crippen molar-refractivity contribution in [2.24, 2.45) is 0 Å². The van der Waals surface area contributed by atoms with E-state index in [0.29, 0.717) is 24.1 Å². The topological polar surface area (TPSA) is 71.5 Å². The number of rotatable bonds is 6. The normalized spacial score (nSPS) is 14.2. The van der Waals surface area contributed by atoms with Gasteiger partial charge in [-0.05, 0) is 43.0 Å². The maximum atomic E-state index is 12.7. The standard InChI is InChI=1S/C22H27N3O3/c1-28-20-8-6-7-17(13-20)9-10-24-21(26)18-14-19(16-23-15-18)22(27)25-11-4-2-3-5-12-25/h6-8,13-16H,2-5,9-12H2,1H3,(H,24,26). The van der Waals surface area contributed by atoms with Gasteiger partial charge in [0.15, 0.2) is 0 Å². The number of nitrogens with zero attached hydrogens (tertiary/aromatic N) is 2. The van der Waals surface area contributed by atoms with Gasteiger partial charge in [0, 0.05) is 32.0 Å². The quantitative estimate of drug-likeness (QED) is 0.835. The molecule has 1 N–H and O–H groups in total. The van der Waals surface area contributed by atoms with Crippen LogP contribution in [0.25, 0.3) is 0 Å². The fourth-order valence-electron chi connectivity index (χ4n) is 3.39. The first-order valence-electron chi connectivity index (χ1n) is 9.83. The lowest BCUT2D eigenvalue weighted by atomic mass is 10.1. The van der Waals surface area contributed by atoms with Crippen molar-refractivity contribution in [3.63, 3.8) is 0 Å². The fraction of sp³-hybridized carbons (Fsp3) is 0.409. The van der Waals surface area contributed by atoms with E-state index in [0.717, 1.165) is 50.1 Å². The van der Waals surface area contributed by atoms with Crippen LogP contribution in [0.4, 0.5) is 0 Å². The molecule has 2 heterocycles. The van der Waals surface area contributed by atoms with Gasteiger partial charge in [0.1, 0.15) is 5.75 Å². The first-order valence-corrected chi connectivity index (χ1v) is 9.83. The van der Waals surface area contributed by atoms with Crippen molar-refractivity contribution in [1.29, 1.82) is 0 Å². The summed E-state index contributed by atoms with van der Waals surface area (Å²) in [5, 5.41) is 2.90. The molecule has 0 atom stereocenters. The average Bonchev–Trinajstić information content (AvgIpc) is 3.03. The Labute approximate surface area is 165 Å². The van der Waals surface area contributed by atoms with E-state index in [2.05, 4.69) is 10.3 Å². The number of ether oxygens (including phenoxy) is 1. The number of aromatic nitrogens is 1. The van der Waals surface area contributed by atoms with E-state index in [9.17, 15) is 9.59 Å². The van der Waals surface area contributed by atoms with Crippen molar-refractivity contribution >= 4 is 11.8 Å². The molecule has 1 aliphatic rings. The second-order valence-electron chi connectivity index (χ2n) is 7.03. The second-order valence-corrected chi connectivity index (χ2v) is 7.03. The van der Waals surface area contributed by atoms with Crippen molar-refractivity contribution in [2.45, 2.75) is 32.1 Å². The lowest BCUT2D eigenvalue weighted by Gasteiger charge is -2.20. The van der Waals surface area contributed by atoms with Gasteiger partial charge in [0.05, 0.1) is 18.2 Å². The largest absolute Gasteiger partial charge is 0.497 e. The number of hydrogen-bond donors (Lipinski definition) is 1. The Hall–Kier alpha value is -2.89. The molecule has 1 saturated heterocycles. The van der Waals surface area contributed by atoms with Crippen molar-refractivity contribution in [2.75, 3.05) is 26.7 Å². The van der Waals surface area contributed by atoms with E-state index in [4.69, 9.17) is 4.74 Å². The minimum absolute atomic E-state index is 0.0413. The summed E-state index contributed by atoms with van der Waals surface area (Å²) in [5.74, 6) is 0.536. The van der Waals surface area contributed by atoms with Crippen LogP contribution in [0, 0.1) is 0 Å². The summed E-state index contributed by atoms with van der Waals surface area (Å²) in [5.41, 5.74) is 1.97. The highest BCUT2D eigenvalue weighted by molar-refractivity contribution is 5.99. The van der Waals surface area contributed by atoms with Crippen LogP contribution in [-0.2, 0) is 6.42 Å². The molecule has 6 nitrogen and oxygen atoms in total. The molecule has 148 valence electrons. The van der Waals surface area contributed by atoms with E-state index in [1.54, 1.807) is 19.4 Å². The van der Waals surface area contributed by atoms with Gasteiger partial charge < -0.3 is 15.0 Å². The molecule has 3 rings (SSSR count). The SMILES string of the molecule is COc1cccc(CCNC(=O)c2cncc(C(=O)N3CCCCCC3)c2)c1. The summed E-state index contributed by atoms with van der Waals surface area (Å²) >= 11 is 0. The maximum Gasteiger partial charge on any atom is 0.255 e. The van der Waals surface area contributed by atoms with Gasteiger partial charge in [-0.2, -0.15) is 0 Å². The molecule has 0 spiro atoms. The average molecular weight is 381 g/mol. The van der Waals surface area contributed by atoms with Crippen LogP contribution in [0.15, 0.2) is 42.7 Å². The number of pyridine rings is 1. The Morgan fingerprint density at radius 3 is 2.57 bits per heavy atom. The summed E-state index contributed by atoms with van der Waals surface area (Å²) < 4.78 is 5.21. The summed E-state index contributed by atoms with van der Waals surface area (Å²) in [7, 11) is 1.63. The molecule has 0 saturated carbocycles. The third-order valence-electron chi connectivity index (χ3n) is 4.97. The minimum Gasteiger partial charge on any atom is -0.497 e. The highest BCUT2D eigenvalue weighted by Gasteiger charge is 2.19. The second kappa shape index (κ2) is 9.88. The van der Waals surface area contributed by atoms with Crippen molar-refractivity contribution < 1.29 is 14.3 Å². The van der Waals surface area contributed by atoms with E-state index in [1.165, 1.54) is 6.20 Å². The van der Waals surface area contributed by atoms with Crippen LogP contribution in [0.1, 0.15) is 52.0 Å². The summed E-state index contributed by atoms with van der Waals surface area (Å²) in [4.78, 5) is 31.2. The van der Waals surface area contributed by atoms with E-state index < -0.39 is 0 Å². The predicted octanol–water partition coefficient (Wildman–Crippen LogP) is 3.08. The van der Waals surface area contributed by atoms with Crippen molar-refractivity contribution in [3.8, 4) is 5.75 Å². The molecule has 0 aliphatic carbocycles. The smallest absolute Gasteiger partial charge is 0.255 e. The molecule has 1 fully saturated rings. The molecule has 1 aliphatic heterocycles. The first-order chi connectivity index (χ1) is 13.7. The number of carbonyl (C=O) groups excluding carboxylic acids is 2.